The van der Waals surface area contributed by atoms with Crippen molar-refractivity contribution in [2.45, 2.75) is 6.54 Å². The third-order valence-electron chi connectivity index (χ3n) is 2.52. The Morgan fingerprint density at radius 3 is 2.50 bits per heavy atom. The number of nitrogens with one attached hydrogen (secondary N) is 2. The first kappa shape index (κ1) is 15.4. The zero-order chi connectivity index (χ0) is 14.5. The van der Waals surface area contributed by atoms with E-state index in [0.717, 1.165) is 11.3 Å². The van der Waals surface area contributed by atoms with Gasteiger partial charge in [0.25, 0.3) is 0 Å². The first-order chi connectivity index (χ1) is 9.54. The van der Waals surface area contributed by atoms with Gasteiger partial charge in [0, 0.05) is 17.3 Å². The van der Waals surface area contributed by atoms with Crippen molar-refractivity contribution in [3.63, 3.8) is 0 Å². The maximum Gasteiger partial charge on any atom is 0.171 e. The van der Waals surface area contributed by atoms with E-state index in [2.05, 4.69) is 10.6 Å². The maximum atomic E-state index is 5.94. The van der Waals surface area contributed by atoms with Crippen LogP contribution in [0.4, 0.5) is 5.69 Å². The fraction of sp³-hybridized carbons (Fsp3) is 0.0714. The quantitative estimate of drug-likeness (QED) is 0.754. The molecule has 6 heteroatoms. The minimum atomic E-state index is 0.481. The smallest absolute Gasteiger partial charge is 0.171 e. The molecule has 0 fully saturated rings. The lowest BCUT2D eigenvalue weighted by atomic mass is 10.2. The average molecular weight is 346 g/mol. The van der Waals surface area contributed by atoms with Crippen molar-refractivity contribution in [2.75, 3.05) is 5.32 Å². The third-order valence-corrected chi connectivity index (χ3v) is 3.74. The monoisotopic (exact) mass is 344 g/mol. The van der Waals surface area contributed by atoms with E-state index in [9.17, 15) is 0 Å². The molecule has 0 heterocycles. The summed E-state index contributed by atoms with van der Waals surface area (Å²) in [5.41, 5.74) is 1.83. The van der Waals surface area contributed by atoms with E-state index in [0.29, 0.717) is 26.7 Å². The van der Waals surface area contributed by atoms with E-state index in [1.54, 1.807) is 12.1 Å². The van der Waals surface area contributed by atoms with Crippen molar-refractivity contribution in [3.8, 4) is 0 Å². The number of rotatable bonds is 3. The Morgan fingerprint density at radius 2 is 1.80 bits per heavy atom. The van der Waals surface area contributed by atoms with Crippen LogP contribution in [0.2, 0.25) is 15.1 Å². The molecule has 2 rings (SSSR count). The Bertz CT molecular complexity index is 632. The van der Waals surface area contributed by atoms with Crippen LogP contribution in [0.15, 0.2) is 42.5 Å². The van der Waals surface area contributed by atoms with E-state index in [4.69, 9.17) is 47.0 Å². The van der Waals surface area contributed by atoms with E-state index < -0.39 is 0 Å². The average Bonchev–Trinajstić information content (AvgIpc) is 2.41. The van der Waals surface area contributed by atoms with Gasteiger partial charge in [-0.3, -0.25) is 0 Å². The minimum absolute atomic E-state index is 0.481. The van der Waals surface area contributed by atoms with Gasteiger partial charge in [-0.1, -0.05) is 46.9 Å². The Morgan fingerprint density at radius 1 is 1.00 bits per heavy atom. The van der Waals surface area contributed by atoms with E-state index in [-0.39, 0.29) is 0 Å². The van der Waals surface area contributed by atoms with Gasteiger partial charge in [-0.2, -0.15) is 0 Å². The summed E-state index contributed by atoms with van der Waals surface area (Å²) < 4.78 is 0. The predicted molar refractivity (Wildman–Crippen MR) is 91.0 cm³/mol. The third kappa shape index (κ3) is 4.53. The molecule has 2 N–H and O–H groups in total. The lowest BCUT2D eigenvalue weighted by Crippen LogP contribution is -2.27. The highest BCUT2D eigenvalue weighted by molar-refractivity contribution is 7.80. The van der Waals surface area contributed by atoms with Gasteiger partial charge < -0.3 is 10.6 Å². The van der Waals surface area contributed by atoms with Crippen molar-refractivity contribution in [2.24, 2.45) is 0 Å². The standard InChI is InChI=1S/C14H11Cl3N2S/c15-10-3-1-2-9(6-10)8-18-14(20)19-11-4-5-12(16)13(17)7-11/h1-7H,8H2,(H2,18,19,20). The van der Waals surface area contributed by atoms with Gasteiger partial charge in [0.2, 0.25) is 0 Å². The summed E-state index contributed by atoms with van der Waals surface area (Å²) in [5, 5.41) is 8.33. The number of halogens is 3. The van der Waals surface area contributed by atoms with E-state index in [1.807, 2.05) is 30.3 Å². The molecule has 2 nitrogen and oxygen atoms in total. The second-order valence-corrected chi connectivity index (χ2v) is 5.73. The van der Waals surface area contributed by atoms with Crippen molar-refractivity contribution in [1.29, 1.82) is 0 Å². The molecule has 0 spiro atoms. The molecule has 20 heavy (non-hydrogen) atoms. The number of hydrogen-bond acceptors (Lipinski definition) is 1. The molecule has 0 saturated carbocycles. The normalized spacial score (nSPS) is 10.2. The molecule has 0 aliphatic rings. The summed E-state index contributed by atoms with van der Waals surface area (Å²) in [6.45, 7) is 0.591. The highest BCUT2D eigenvalue weighted by atomic mass is 35.5. The summed E-state index contributed by atoms with van der Waals surface area (Å²) in [7, 11) is 0. The summed E-state index contributed by atoms with van der Waals surface area (Å²) in [6.07, 6.45) is 0. The summed E-state index contributed by atoms with van der Waals surface area (Å²) in [5.74, 6) is 0. The molecule has 0 aliphatic carbocycles. The Balaban J connectivity index is 1.91. The van der Waals surface area contributed by atoms with Crippen molar-refractivity contribution in [3.05, 3.63) is 63.1 Å². The summed E-state index contributed by atoms with van der Waals surface area (Å²) >= 11 is 22.9. The van der Waals surface area contributed by atoms with Crippen LogP contribution in [0.5, 0.6) is 0 Å². The fourth-order valence-corrected chi connectivity index (χ4v) is 2.28. The maximum absolute atomic E-state index is 5.94. The highest BCUT2D eigenvalue weighted by Gasteiger charge is 2.02. The molecule has 0 saturated heterocycles. The summed E-state index contributed by atoms with van der Waals surface area (Å²) in [6, 6.07) is 12.8. The number of anilines is 1. The number of hydrogen-bond donors (Lipinski definition) is 2. The number of thiocarbonyl (C=S) groups is 1. The predicted octanol–water partition coefficient (Wildman–Crippen LogP) is 5.13. The minimum Gasteiger partial charge on any atom is -0.358 e. The van der Waals surface area contributed by atoms with Gasteiger partial charge in [0.05, 0.1) is 10.0 Å². The van der Waals surface area contributed by atoms with Crippen LogP contribution in [0.25, 0.3) is 0 Å². The molecule has 2 aromatic carbocycles. The van der Waals surface area contributed by atoms with Crippen LogP contribution >= 0.6 is 47.0 Å². The van der Waals surface area contributed by atoms with Crippen LogP contribution in [0.1, 0.15) is 5.56 Å². The van der Waals surface area contributed by atoms with E-state index in [1.165, 1.54) is 0 Å². The molecule has 0 aromatic heterocycles. The van der Waals surface area contributed by atoms with Gasteiger partial charge >= 0.3 is 0 Å². The van der Waals surface area contributed by atoms with Crippen LogP contribution in [-0.2, 0) is 6.54 Å². The molecule has 0 radical (unpaired) electrons. The topological polar surface area (TPSA) is 24.1 Å². The first-order valence-electron chi connectivity index (χ1n) is 5.79. The molecule has 0 unspecified atom stereocenters. The second-order valence-electron chi connectivity index (χ2n) is 4.07. The molecule has 0 aliphatic heterocycles. The second kappa shape index (κ2) is 7.14. The van der Waals surface area contributed by atoms with Crippen LogP contribution in [-0.4, -0.2) is 5.11 Å². The van der Waals surface area contributed by atoms with Gasteiger partial charge in [0.15, 0.2) is 5.11 Å². The Kier molecular flexibility index (Phi) is 5.49. The van der Waals surface area contributed by atoms with Crippen molar-refractivity contribution < 1.29 is 0 Å². The van der Waals surface area contributed by atoms with Gasteiger partial charge in [0.1, 0.15) is 0 Å². The summed E-state index contributed by atoms with van der Waals surface area (Å²) in [4.78, 5) is 0. The molecule has 0 atom stereocenters. The molecular formula is C14H11Cl3N2S. The Hall–Kier alpha value is -1.000. The largest absolute Gasteiger partial charge is 0.358 e. The Labute approximate surface area is 138 Å². The first-order valence-corrected chi connectivity index (χ1v) is 7.33. The van der Waals surface area contributed by atoms with Crippen molar-refractivity contribution in [1.82, 2.24) is 5.32 Å². The zero-order valence-corrected chi connectivity index (χ0v) is 13.4. The fourth-order valence-electron chi connectivity index (χ4n) is 1.58. The van der Waals surface area contributed by atoms with Crippen LogP contribution in [0, 0.1) is 0 Å². The molecular weight excluding hydrogens is 335 g/mol. The van der Waals surface area contributed by atoms with Crippen LogP contribution < -0.4 is 10.6 Å². The van der Waals surface area contributed by atoms with Gasteiger partial charge in [-0.05, 0) is 48.1 Å². The number of benzene rings is 2. The lowest BCUT2D eigenvalue weighted by molar-refractivity contribution is 0.926. The zero-order valence-electron chi connectivity index (χ0n) is 10.3. The SMILES string of the molecule is S=C(NCc1cccc(Cl)c1)Nc1ccc(Cl)c(Cl)c1. The molecule has 0 bridgehead atoms. The highest BCUT2D eigenvalue weighted by Crippen LogP contribution is 2.24. The van der Waals surface area contributed by atoms with E-state index >= 15 is 0 Å². The van der Waals surface area contributed by atoms with Crippen LogP contribution in [0.3, 0.4) is 0 Å². The van der Waals surface area contributed by atoms with Gasteiger partial charge in [-0.25, -0.2) is 0 Å². The molecule has 0 amide bonds. The molecule has 104 valence electrons. The van der Waals surface area contributed by atoms with Gasteiger partial charge in [-0.15, -0.1) is 0 Å². The molecule has 2 aromatic rings. The van der Waals surface area contributed by atoms with Crippen molar-refractivity contribution >= 4 is 57.8 Å². The lowest BCUT2D eigenvalue weighted by Gasteiger charge is -2.11.